The Morgan fingerprint density at radius 2 is 1.02 bits per heavy atom. The highest BCUT2D eigenvalue weighted by atomic mass is 32.1. The van der Waals surface area contributed by atoms with Crippen molar-refractivity contribution < 1.29 is 4.42 Å². The van der Waals surface area contributed by atoms with Gasteiger partial charge in [0.2, 0.25) is 0 Å². The summed E-state index contributed by atoms with van der Waals surface area (Å²) in [5.41, 5.74) is 7.59. The van der Waals surface area contributed by atoms with Gasteiger partial charge in [-0.3, -0.25) is 0 Å². The van der Waals surface area contributed by atoms with Crippen LogP contribution in [0.2, 0.25) is 0 Å². The predicted molar refractivity (Wildman–Crippen MR) is 200 cm³/mol. The van der Waals surface area contributed by atoms with Crippen molar-refractivity contribution in [3.05, 3.63) is 152 Å². The van der Waals surface area contributed by atoms with Crippen molar-refractivity contribution in [3.63, 3.8) is 0 Å². The molecule has 3 aromatic heterocycles. The van der Waals surface area contributed by atoms with E-state index in [-0.39, 0.29) is 0 Å². The predicted octanol–water partition coefficient (Wildman–Crippen LogP) is 13.5. The average Bonchev–Trinajstić information content (AvgIpc) is 3.81. The number of nitrogens with zero attached hydrogens (tertiary/aromatic N) is 1. The number of thiophene rings is 2. The minimum Gasteiger partial charge on any atom is -0.454 e. The van der Waals surface area contributed by atoms with Crippen molar-refractivity contribution in [3.8, 4) is 11.1 Å². The highest BCUT2D eigenvalue weighted by Gasteiger charge is 2.25. The van der Waals surface area contributed by atoms with Crippen LogP contribution in [-0.2, 0) is 0 Å². The molecule has 0 atom stereocenters. The van der Waals surface area contributed by atoms with Crippen LogP contribution >= 0.6 is 22.7 Å². The first-order valence-corrected chi connectivity index (χ1v) is 17.1. The number of benzene rings is 7. The molecular weight excluding hydrogens is 599 g/mol. The lowest BCUT2D eigenvalue weighted by atomic mass is 9.98. The van der Waals surface area contributed by atoms with Crippen LogP contribution in [0, 0.1) is 0 Å². The number of hydrogen-bond donors (Lipinski definition) is 0. The van der Waals surface area contributed by atoms with Gasteiger partial charge in [0.25, 0.3) is 0 Å². The molecule has 46 heavy (non-hydrogen) atoms. The van der Waals surface area contributed by atoms with E-state index in [9.17, 15) is 0 Å². The van der Waals surface area contributed by atoms with Gasteiger partial charge in [0.05, 0.1) is 26.5 Å². The third-order valence-corrected chi connectivity index (χ3v) is 11.5. The maximum atomic E-state index is 6.71. The fourth-order valence-electron chi connectivity index (χ4n) is 7.05. The zero-order chi connectivity index (χ0) is 30.2. The highest BCUT2D eigenvalue weighted by Crippen LogP contribution is 2.52. The van der Waals surface area contributed by atoms with E-state index in [1.165, 1.54) is 51.5 Å². The van der Waals surface area contributed by atoms with E-state index in [1.54, 1.807) is 0 Å². The van der Waals surface area contributed by atoms with Gasteiger partial charge in [0.1, 0.15) is 5.58 Å². The Kier molecular flexibility index (Phi) is 5.65. The van der Waals surface area contributed by atoms with E-state index in [2.05, 4.69) is 150 Å². The van der Waals surface area contributed by atoms with E-state index >= 15 is 0 Å². The third kappa shape index (κ3) is 3.75. The third-order valence-electron chi connectivity index (χ3n) is 9.08. The van der Waals surface area contributed by atoms with E-state index in [0.717, 1.165) is 39.0 Å². The van der Waals surface area contributed by atoms with Gasteiger partial charge in [0.15, 0.2) is 5.58 Å². The van der Waals surface area contributed by atoms with Crippen LogP contribution in [0.4, 0.5) is 17.1 Å². The first kappa shape index (κ1) is 25.9. The van der Waals surface area contributed by atoms with Crippen LogP contribution in [-0.4, -0.2) is 0 Å². The second-order valence-corrected chi connectivity index (χ2v) is 13.7. The van der Waals surface area contributed by atoms with Crippen LogP contribution in [0.3, 0.4) is 0 Å². The molecule has 0 aliphatic rings. The SMILES string of the molecule is c1ccc(-c2ccc(N(c3cccc4c3oc3ccccc34)c3cccc4c3sc3ccccc34)c3sc4ccccc4c23)cc1. The van der Waals surface area contributed by atoms with Crippen LogP contribution in [0.25, 0.3) is 73.4 Å². The van der Waals surface area contributed by atoms with Crippen molar-refractivity contribution in [2.75, 3.05) is 4.90 Å². The molecule has 0 saturated carbocycles. The van der Waals surface area contributed by atoms with E-state index in [4.69, 9.17) is 4.42 Å². The van der Waals surface area contributed by atoms with Crippen molar-refractivity contribution in [2.24, 2.45) is 0 Å². The Bertz CT molecular complexity index is 2650. The molecule has 2 nitrogen and oxygen atoms in total. The standard InChI is InChI=1S/C42H25NOS2/c1-2-12-26(13-3-1)27-24-25-35(42-39(27)32-16-6-9-23-38(32)46-42)43(33-19-10-17-30-28-14-4-7-21-36(28)44-40(30)33)34-20-11-18-31-29-15-5-8-22-37(29)45-41(31)34/h1-25H. The van der Waals surface area contributed by atoms with Gasteiger partial charge >= 0.3 is 0 Å². The highest BCUT2D eigenvalue weighted by molar-refractivity contribution is 7.27. The summed E-state index contributed by atoms with van der Waals surface area (Å²) in [6.45, 7) is 0. The lowest BCUT2D eigenvalue weighted by Gasteiger charge is -2.27. The van der Waals surface area contributed by atoms with Crippen LogP contribution in [0.5, 0.6) is 0 Å². The Morgan fingerprint density at radius 1 is 0.413 bits per heavy atom. The zero-order valence-electron chi connectivity index (χ0n) is 24.6. The van der Waals surface area contributed by atoms with E-state index in [0.29, 0.717) is 0 Å². The van der Waals surface area contributed by atoms with E-state index < -0.39 is 0 Å². The summed E-state index contributed by atoms with van der Waals surface area (Å²) in [4.78, 5) is 2.45. The summed E-state index contributed by atoms with van der Waals surface area (Å²) >= 11 is 3.72. The Labute approximate surface area is 273 Å². The molecular formula is C42H25NOS2. The molecule has 7 aromatic carbocycles. The van der Waals surface area contributed by atoms with E-state index in [1.807, 2.05) is 28.7 Å². The molecule has 10 aromatic rings. The molecule has 0 saturated heterocycles. The molecule has 0 N–H and O–H groups in total. The molecule has 4 heteroatoms. The topological polar surface area (TPSA) is 16.4 Å². The van der Waals surface area contributed by atoms with Crippen LogP contribution in [0.1, 0.15) is 0 Å². The largest absolute Gasteiger partial charge is 0.454 e. The summed E-state index contributed by atoms with van der Waals surface area (Å²) in [6, 6.07) is 54.5. The fourth-order valence-corrected chi connectivity index (χ4v) is 9.49. The van der Waals surface area contributed by atoms with Gasteiger partial charge in [-0.1, -0.05) is 115 Å². The molecule has 0 aliphatic heterocycles. The smallest absolute Gasteiger partial charge is 0.159 e. The molecule has 3 heterocycles. The summed E-state index contributed by atoms with van der Waals surface area (Å²) < 4.78 is 11.8. The van der Waals surface area contributed by atoms with Gasteiger partial charge in [-0.25, -0.2) is 0 Å². The lowest BCUT2D eigenvalue weighted by Crippen LogP contribution is -2.10. The second kappa shape index (κ2) is 10.0. The quantitative estimate of drug-likeness (QED) is 0.194. The summed E-state index contributed by atoms with van der Waals surface area (Å²) in [5.74, 6) is 0. The molecule has 216 valence electrons. The second-order valence-electron chi connectivity index (χ2n) is 11.6. The lowest BCUT2D eigenvalue weighted by molar-refractivity contribution is 0.669. The number of furan rings is 1. The molecule has 0 radical (unpaired) electrons. The molecule has 0 bridgehead atoms. The van der Waals surface area contributed by atoms with Crippen molar-refractivity contribution in [1.82, 2.24) is 0 Å². The van der Waals surface area contributed by atoms with Crippen LogP contribution in [0.15, 0.2) is 156 Å². The number of rotatable bonds is 4. The number of anilines is 3. The summed E-state index contributed by atoms with van der Waals surface area (Å²) in [5, 5.41) is 7.38. The monoisotopic (exact) mass is 623 g/mol. The number of para-hydroxylation sites is 2. The van der Waals surface area contributed by atoms with Gasteiger partial charge in [-0.15, -0.1) is 22.7 Å². The zero-order valence-corrected chi connectivity index (χ0v) is 26.2. The van der Waals surface area contributed by atoms with Crippen molar-refractivity contribution >= 4 is 102 Å². The maximum Gasteiger partial charge on any atom is 0.159 e. The number of hydrogen-bond acceptors (Lipinski definition) is 4. The Morgan fingerprint density at radius 3 is 1.87 bits per heavy atom. The minimum absolute atomic E-state index is 0.892. The van der Waals surface area contributed by atoms with Gasteiger partial charge in [0, 0.05) is 41.7 Å². The maximum absolute atomic E-state index is 6.71. The first-order chi connectivity index (χ1) is 22.8. The van der Waals surface area contributed by atoms with Crippen molar-refractivity contribution in [2.45, 2.75) is 0 Å². The molecule has 0 fully saturated rings. The molecule has 0 amide bonds. The Hall–Kier alpha value is -5.42. The molecule has 0 aliphatic carbocycles. The van der Waals surface area contributed by atoms with Crippen molar-refractivity contribution in [1.29, 1.82) is 0 Å². The number of fused-ring (bicyclic) bond motifs is 9. The molecule has 0 spiro atoms. The molecule has 10 rings (SSSR count). The van der Waals surface area contributed by atoms with Gasteiger partial charge in [-0.05, 0) is 47.5 Å². The first-order valence-electron chi connectivity index (χ1n) is 15.4. The summed E-state index contributed by atoms with van der Waals surface area (Å²) in [6.07, 6.45) is 0. The Balaban J connectivity index is 1.36. The average molecular weight is 624 g/mol. The molecule has 0 unspecified atom stereocenters. The van der Waals surface area contributed by atoms with Gasteiger partial charge in [-0.2, -0.15) is 0 Å². The normalized spacial score (nSPS) is 11.9. The van der Waals surface area contributed by atoms with Crippen LogP contribution < -0.4 is 4.90 Å². The van der Waals surface area contributed by atoms with Gasteiger partial charge < -0.3 is 9.32 Å². The minimum atomic E-state index is 0.892. The fraction of sp³-hybridized carbons (Fsp3) is 0. The summed E-state index contributed by atoms with van der Waals surface area (Å²) in [7, 11) is 0.